The van der Waals surface area contributed by atoms with Gasteiger partial charge in [0.2, 0.25) is 5.89 Å². The first-order valence-electron chi connectivity index (χ1n) is 9.28. The Morgan fingerprint density at radius 1 is 1.10 bits per heavy atom. The van der Waals surface area contributed by atoms with Gasteiger partial charge in [-0.3, -0.25) is 4.40 Å². The Labute approximate surface area is 181 Å². The van der Waals surface area contributed by atoms with E-state index in [0.717, 1.165) is 38.6 Å². The van der Waals surface area contributed by atoms with Gasteiger partial charge in [-0.25, -0.2) is 4.98 Å². The second-order valence-corrected chi connectivity index (χ2v) is 8.18. The summed E-state index contributed by atoms with van der Waals surface area (Å²) in [6.45, 7) is 2.07. The maximum absolute atomic E-state index is 5.96. The SMILES string of the molecule is COc1ccc2c(C)cc3nnc(SCc4ncc(-c5ccc(Cl)cc5)o4)n3c2c1. The van der Waals surface area contributed by atoms with Crippen molar-refractivity contribution in [1.29, 1.82) is 0 Å². The molecule has 150 valence electrons. The summed E-state index contributed by atoms with van der Waals surface area (Å²) in [6, 6.07) is 15.5. The van der Waals surface area contributed by atoms with E-state index in [1.807, 2.05) is 46.9 Å². The van der Waals surface area contributed by atoms with Crippen LogP contribution in [-0.2, 0) is 5.75 Å². The minimum absolute atomic E-state index is 0.535. The van der Waals surface area contributed by atoms with E-state index >= 15 is 0 Å². The molecule has 6 nitrogen and oxygen atoms in total. The highest BCUT2D eigenvalue weighted by Crippen LogP contribution is 2.30. The van der Waals surface area contributed by atoms with E-state index in [4.69, 9.17) is 20.8 Å². The Hall–Kier alpha value is -3.03. The largest absolute Gasteiger partial charge is 0.497 e. The molecule has 5 aromatic rings. The lowest BCUT2D eigenvalue weighted by Crippen LogP contribution is -1.94. The van der Waals surface area contributed by atoms with Crippen LogP contribution in [0.25, 0.3) is 27.9 Å². The molecule has 0 saturated carbocycles. The van der Waals surface area contributed by atoms with Gasteiger partial charge in [0.05, 0.1) is 24.6 Å². The number of hydrogen-bond acceptors (Lipinski definition) is 6. The number of aromatic nitrogens is 4. The van der Waals surface area contributed by atoms with Crippen molar-refractivity contribution in [2.24, 2.45) is 0 Å². The Morgan fingerprint density at radius 3 is 2.73 bits per heavy atom. The number of thioether (sulfide) groups is 1. The fourth-order valence-electron chi connectivity index (χ4n) is 3.37. The van der Waals surface area contributed by atoms with Crippen LogP contribution in [0.15, 0.2) is 64.3 Å². The quantitative estimate of drug-likeness (QED) is 0.324. The number of hydrogen-bond donors (Lipinski definition) is 0. The molecule has 0 bridgehead atoms. The van der Waals surface area contributed by atoms with Crippen molar-refractivity contribution in [2.45, 2.75) is 17.8 Å². The number of aryl methyl sites for hydroxylation is 1. The van der Waals surface area contributed by atoms with Crippen LogP contribution in [0.4, 0.5) is 0 Å². The standard InChI is InChI=1S/C22H17ClN4O2S/c1-13-9-20-25-26-22(27(20)18-10-16(28-2)7-8-17(13)18)30-12-21-24-11-19(29-21)14-3-5-15(23)6-4-14/h3-11H,12H2,1-2H3. The predicted octanol–water partition coefficient (Wildman–Crippen LogP) is 5.80. The monoisotopic (exact) mass is 436 g/mol. The van der Waals surface area contributed by atoms with Gasteiger partial charge >= 0.3 is 0 Å². The molecule has 0 aliphatic carbocycles. The number of pyridine rings is 1. The number of benzene rings is 2. The second kappa shape index (κ2) is 7.66. The zero-order valence-electron chi connectivity index (χ0n) is 16.3. The van der Waals surface area contributed by atoms with E-state index < -0.39 is 0 Å². The molecule has 5 rings (SSSR count). The Bertz CT molecular complexity index is 1360. The zero-order chi connectivity index (χ0) is 20.7. The van der Waals surface area contributed by atoms with Gasteiger partial charge in [0, 0.05) is 22.0 Å². The van der Waals surface area contributed by atoms with Crippen molar-refractivity contribution in [3.63, 3.8) is 0 Å². The topological polar surface area (TPSA) is 65.5 Å². The lowest BCUT2D eigenvalue weighted by Gasteiger charge is -2.09. The smallest absolute Gasteiger partial charge is 0.205 e. The third-order valence-electron chi connectivity index (χ3n) is 4.88. The molecule has 0 radical (unpaired) electrons. The first-order valence-corrected chi connectivity index (χ1v) is 10.6. The molecule has 0 atom stereocenters. The lowest BCUT2D eigenvalue weighted by atomic mass is 10.1. The first kappa shape index (κ1) is 19.0. The molecule has 0 N–H and O–H groups in total. The normalized spacial score (nSPS) is 11.4. The summed E-state index contributed by atoms with van der Waals surface area (Å²) >= 11 is 7.48. The number of halogens is 1. The molecule has 0 spiro atoms. The molecule has 3 heterocycles. The van der Waals surface area contributed by atoms with Gasteiger partial charge in [-0.05, 0) is 55.0 Å². The molecule has 8 heteroatoms. The molecule has 0 aliphatic heterocycles. The van der Waals surface area contributed by atoms with Crippen LogP contribution < -0.4 is 4.74 Å². The summed E-state index contributed by atoms with van der Waals surface area (Å²) in [5, 5.41) is 11.3. The average Bonchev–Trinajstić information content (AvgIpc) is 3.39. The van der Waals surface area contributed by atoms with E-state index in [1.165, 1.54) is 11.8 Å². The molecular weight excluding hydrogens is 420 g/mol. The van der Waals surface area contributed by atoms with E-state index in [9.17, 15) is 0 Å². The van der Waals surface area contributed by atoms with Crippen molar-refractivity contribution in [3.8, 4) is 17.1 Å². The van der Waals surface area contributed by atoms with Crippen molar-refractivity contribution >= 4 is 39.9 Å². The highest BCUT2D eigenvalue weighted by atomic mass is 35.5. The summed E-state index contributed by atoms with van der Waals surface area (Å²) < 4.78 is 13.4. The van der Waals surface area contributed by atoms with Crippen molar-refractivity contribution < 1.29 is 9.15 Å². The summed E-state index contributed by atoms with van der Waals surface area (Å²) in [4.78, 5) is 4.40. The molecular formula is C22H17ClN4O2S. The van der Waals surface area contributed by atoms with Gasteiger partial charge < -0.3 is 9.15 Å². The van der Waals surface area contributed by atoms with Crippen molar-refractivity contribution in [3.05, 3.63) is 71.2 Å². The number of oxazole rings is 1. The fourth-order valence-corrected chi connectivity index (χ4v) is 4.31. The van der Waals surface area contributed by atoms with Crippen LogP contribution in [0, 0.1) is 6.92 Å². The van der Waals surface area contributed by atoms with Crippen LogP contribution in [0.2, 0.25) is 5.02 Å². The summed E-state index contributed by atoms with van der Waals surface area (Å²) in [6.07, 6.45) is 1.73. The van der Waals surface area contributed by atoms with Gasteiger partial charge in [0.15, 0.2) is 16.6 Å². The molecule has 0 unspecified atom stereocenters. The van der Waals surface area contributed by atoms with Crippen LogP contribution in [0.1, 0.15) is 11.5 Å². The molecule has 0 amide bonds. The van der Waals surface area contributed by atoms with E-state index in [2.05, 4.69) is 28.2 Å². The summed E-state index contributed by atoms with van der Waals surface area (Å²) in [5.74, 6) is 2.66. The van der Waals surface area contributed by atoms with E-state index in [0.29, 0.717) is 22.4 Å². The molecule has 0 fully saturated rings. The maximum Gasteiger partial charge on any atom is 0.205 e. The van der Waals surface area contributed by atoms with Crippen LogP contribution in [0.5, 0.6) is 5.75 Å². The Kier molecular flexibility index (Phi) is 4.84. The summed E-state index contributed by atoms with van der Waals surface area (Å²) in [5.41, 5.74) is 3.88. The number of methoxy groups -OCH3 is 1. The lowest BCUT2D eigenvalue weighted by molar-refractivity contribution is 0.415. The number of nitrogens with zero attached hydrogens (tertiary/aromatic N) is 4. The van der Waals surface area contributed by atoms with Gasteiger partial charge in [-0.15, -0.1) is 10.2 Å². The number of ether oxygens (including phenoxy) is 1. The first-order chi connectivity index (χ1) is 14.6. The van der Waals surface area contributed by atoms with E-state index in [1.54, 1.807) is 13.3 Å². The highest BCUT2D eigenvalue weighted by molar-refractivity contribution is 7.98. The average molecular weight is 437 g/mol. The third-order valence-corrected chi connectivity index (χ3v) is 6.05. The van der Waals surface area contributed by atoms with Gasteiger partial charge in [0.25, 0.3) is 0 Å². The number of fused-ring (bicyclic) bond motifs is 3. The second-order valence-electron chi connectivity index (χ2n) is 6.80. The summed E-state index contributed by atoms with van der Waals surface area (Å²) in [7, 11) is 1.66. The molecule has 0 aliphatic rings. The van der Waals surface area contributed by atoms with Crippen LogP contribution >= 0.6 is 23.4 Å². The van der Waals surface area contributed by atoms with Gasteiger partial charge in [-0.2, -0.15) is 0 Å². The Morgan fingerprint density at radius 2 is 1.93 bits per heavy atom. The van der Waals surface area contributed by atoms with Gasteiger partial charge in [-0.1, -0.05) is 23.4 Å². The fraction of sp³-hybridized carbons (Fsp3) is 0.136. The Balaban J connectivity index is 1.46. The van der Waals surface area contributed by atoms with Crippen LogP contribution in [-0.4, -0.2) is 26.7 Å². The van der Waals surface area contributed by atoms with Crippen LogP contribution in [0.3, 0.4) is 0 Å². The zero-order valence-corrected chi connectivity index (χ0v) is 17.9. The predicted molar refractivity (Wildman–Crippen MR) is 118 cm³/mol. The van der Waals surface area contributed by atoms with Gasteiger partial charge in [0.1, 0.15) is 5.75 Å². The van der Waals surface area contributed by atoms with Crippen molar-refractivity contribution in [2.75, 3.05) is 7.11 Å². The maximum atomic E-state index is 5.96. The molecule has 2 aromatic carbocycles. The minimum atomic E-state index is 0.535. The highest BCUT2D eigenvalue weighted by Gasteiger charge is 2.14. The molecule has 0 saturated heterocycles. The molecule has 3 aromatic heterocycles. The molecule has 30 heavy (non-hydrogen) atoms. The minimum Gasteiger partial charge on any atom is -0.497 e. The van der Waals surface area contributed by atoms with Crippen molar-refractivity contribution in [1.82, 2.24) is 19.6 Å². The third kappa shape index (κ3) is 3.40. The number of rotatable bonds is 5. The van der Waals surface area contributed by atoms with E-state index in [-0.39, 0.29) is 0 Å².